The maximum atomic E-state index is 12.8. The van der Waals surface area contributed by atoms with Gasteiger partial charge in [-0.25, -0.2) is 0 Å². The molecule has 0 saturated carbocycles. The highest BCUT2D eigenvalue weighted by Gasteiger charge is 2.29. The van der Waals surface area contributed by atoms with Gasteiger partial charge < -0.3 is 14.7 Å². The molecule has 1 saturated heterocycles. The third kappa shape index (κ3) is 4.09. The lowest BCUT2D eigenvalue weighted by Gasteiger charge is -2.35. The highest BCUT2D eigenvalue weighted by atomic mass is 16.2. The zero-order chi connectivity index (χ0) is 18.5. The van der Waals surface area contributed by atoms with Gasteiger partial charge in [0.25, 0.3) is 5.91 Å². The van der Waals surface area contributed by atoms with Gasteiger partial charge in [-0.1, -0.05) is 13.8 Å². The number of amides is 2. The van der Waals surface area contributed by atoms with Crippen LogP contribution in [0.3, 0.4) is 0 Å². The van der Waals surface area contributed by atoms with Crippen molar-refractivity contribution in [2.24, 2.45) is 0 Å². The Morgan fingerprint density at radius 1 is 1.04 bits per heavy atom. The smallest absolute Gasteiger partial charge is 0.274 e. The van der Waals surface area contributed by atoms with Crippen molar-refractivity contribution < 1.29 is 9.59 Å². The Morgan fingerprint density at radius 2 is 1.69 bits per heavy atom. The third-order valence-corrected chi connectivity index (χ3v) is 5.71. The Morgan fingerprint density at radius 3 is 2.38 bits per heavy atom. The van der Waals surface area contributed by atoms with Gasteiger partial charge in [0.2, 0.25) is 5.91 Å². The standard InChI is InChI=1S/C19H31N5O2/c1-3-22(4-2)10-9-17(25)23-11-13-24(14-12-23)19(26)18-15-7-5-6-8-16(15)20-21-18/h3-14H2,1-2H3,(H,20,21). The number of hydrogen-bond acceptors (Lipinski definition) is 4. The minimum Gasteiger partial charge on any atom is -0.339 e. The van der Waals surface area contributed by atoms with Crippen molar-refractivity contribution in [1.82, 2.24) is 24.9 Å². The maximum absolute atomic E-state index is 12.8. The number of carbonyl (C=O) groups is 2. The van der Waals surface area contributed by atoms with Crippen LogP contribution < -0.4 is 0 Å². The molecular weight excluding hydrogens is 330 g/mol. The average Bonchev–Trinajstić information content (AvgIpc) is 3.12. The lowest BCUT2D eigenvalue weighted by atomic mass is 9.95. The second-order valence-corrected chi connectivity index (χ2v) is 7.19. The number of hydrogen-bond donors (Lipinski definition) is 1. The van der Waals surface area contributed by atoms with E-state index in [0.717, 1.165) is 56.6 Å². The Labute approximate surface area is 155 Å². The van der Waals surface area contributed by atoms with E-state index in [4.69, 9.17) is 0 Å². The van der Waals surface area contributed by atoms with Crippen LogP contribution in [0, 0.1) is 0 Å². The summed E-state index contributed by atoms with van der Waals surface area (Å²) in [6.07, 6.45) is 4.78. The van der Waals surface area contributed by atoms with Crippen LogP contribution in [0.1, 0.15) is 54.9 Å². The van der Waals surface area contributed by atoms with E-state index in [0.29, 0.717) is 38.3 Å². The predicted molar refractivity (Wildman–Crippen MR) is 100 cm³/mol. The van der Waals surface area contributed by atoms with E-state index in [2.05, 4.69) is 28.9 Å². The van der Waals surface area contributed by atoms with Crippen molar-refractivity contribution in [3.63, 3.8) is 0 Å². The highest BCUT2D eigenvalue weighted by molar-refractivity contribution is 5.94. The van der Waals surface area contributed by atoms with E-state index >= 15 is 0 Å². The molecule has 0 atom stereocenters. The second-order valence-electron chi connectivity index (χ2n) is 7.19. The summed E-state index contributed by atoms with van der Waals surface area (Å²) < 4.78 is 0. The SMILES string of the molecule is CCN(CC)CCC(=O)N1CCN(C(=O)c2n[nH]c3c2CCCC3)CC1. The van der Waals surface area contributed by atoms with Crippen LogP contribution in [0.15, 0.2) is 0 Å². The Bertz CT molecular complexity index is 630. The molecule has 0 unspecified atom stereocenters. The summed E-state index contributed by atoms with van der Waals surface area (Å²) in [4.78, 5) is 31.2. The van der Waals surface area contributed by atoms with Crippen molar-refractivity contribution in [3.05, 3.63) is 17.0 Å². The lowest BCUT2D eigenvalue weighted by molar-refractivity contribution is -0.133. The fourth-order valence-electron chi connectivity index (χ4n) is 3.92. The van der Waals surface area contributed by atoms with Gasteiger partial charge >= 0.3 is 0 Å². The molecule has 2 amide bonds. The molecule has 1 aromatic heterocycles. The summed E-state index contributed by atoms with van der Waals surface area (Å²) in [5, 5.41) is 7.34. The van der Waals surface area contributed by atoms with Crippen LogP contribution in [0.5, 0.6) is 0 Å². The average molecular weight is 361 g/mol. The number of aromatic amines is 1. The summed E-state index contributed by atoms with van der Waals surface area (Å²) >= 11 is 0. The Hall–Kier alpha value is -1.89. The first-order chi connectivity index (χ1) is 12.6. The minimum atomic E-state index is 0.0136. The first kappa shape index (κ1) is 18.9. The molecule has 0 bridgehead atoms. The van der Waals surface area contributed by atoms with Gasteiger partial charge in [-0.2, -0.15) is 5.10 Å². The molecule has 144 valence electrons. The van der Waals surface area contributed by atoms with Crippen LogP contribution in [-0.4, -0.2) is 82.5 Å². The van der Waals surface area contributed by atoms with Crippen LogP contribution in [0.2, 0.25) is 0 Å². The number of rotatable bonds is 6. The summed E-state index contributed by atoms with van der Waals surface area (Å²) in [5.41, 5.74) is 2.84. The van der Waals surface area contributed by atoms with Crippen LogP contribution in [0.4, 0.5) is 0 Å². The molecule has 1 aliphatic heterocycles. The van der Waals surface area contributed by atoms with E-state index < -0.39 is 0 Å². The number of fused-ring (bicyclic) bond motifs is 1. The number of nitrogens with one attached hydrogen (secondary N) is 1. The number of H-pyrrole nitrogens is 1. The van der Waals surface area contributed by atoms with E-state index in [9.17, 15) is 9.59 Å². The number of aromatic nitrogens is 2. The monoisotopic (exact) mass is 361 g/mol. The van der Waals surface area contributed by atoms with Crippen molar-refractivity contribution >= 4 is 11.8 Å². The zero-order valence-corrected chi connectivity index (χ0v) is 16.1. The van der Waals surface area contributed by atoms with Crippen molar-refractivity contribution in [1.29, 1.82) is 0 Å². The molecule has 1 N–H and O–H groups in total. The molecule has 1 fully saturated rings. The second kappa shape index (κ2) is 8.66. The molecule has 3 rings (SSSR count). The fourth-order valence-corrected chi connectivity index (χ4v) is 3.92. The van der Waals surface area contributed by atoms with Gasteiger partial charge in [0, 0.05) is 50.4 Å². The molecular formula is C19H31N5O2. The summed E-state index contributed by atoms with van der Waals surface area (Å²) in [6.45, 7) is 9.42. The van der Waals surface area contributed by atoms with Crippen molar-refractivity contribution in [3.8, 4) is 0 Å². The molecule has 7 nitrogen and oxygen atoms in total. The van der Waals surface area contributed by atoms with E-state index in [-0.39, 0.29) is 11.8 Å². The molecule has 1 aromatic rings. The summed E-state index contributed by atoms with van der Waals surface area (Å²) in [7, 11) is 0. The fraction of sp³-hybridized carbons (Fsp3) is 0.737. The van der Waals surface area contributed by atoms with Gasteiger partial charge in [-0.15, -0.1) is 0 Å². The largest absolute Gasteiger partial charge is 0.339 e. The first-order valence-corrected chi connectivity index (χ1v) is 9.99. The van der Waals surface area contributed by atoms with Crippen LogP contribution in [0.25, 0.3) is 0 Å². The molecule has 2 heterocycles. The van der Waals surface area contributed by atoms with Gasteiger partial charge in [0.15, 0.2) is 5.69 Å². The third-order valence-electron chi connectivity index (χ3n) is 5.71. The number of nitrogens with zero attached hydrogens (tertiary/aromatic N) is 4. The summed E-state index contributed by atoms with van der Waals surface area (Å²) in [6, 6.07) is 0. The van der Waals surface area contributed by atoms with E-state index in [1.165, 1.54) is 0 Å². The molecule has 26 heavy (non-hydrogen) atoms. The Kier molecular flexibility index (Phi) is 6.29. The van der Waals surface area contributed by atoms with E-state index in [1.807, 2.05) is 9.80 Å². The lowest BCUT2D eigenvalue weighted by Crippen LogP contribution is -2.51. The zero-order valence-electron chi connectivity index (χ0n) is 16.1. The molecule has 2 aliphatic rings. The molecule has 7 heteroatoms. The molecule has 0 aromatic carbocycles. The number of piperazine rings is 1. The number of carbonyl (C=O) groups excluding carboxylic acids is 2. The van der Waals surface area contributed by atoms with Crippen LogP contribution >= 0.6 is 0 Å². The van der Waals surface area contributed by atoms with E-state index in [1.54, 1.807) is 0 Å². The topological polar surface area (TPSA) is 72.5 Å². The molecule has 0 radical (unpaired) electrons. The summed E-state index contributed by atoms with van der Waals surface area (Å²) in [5.74, 6) is 0.209. The van der Waals surface area contributed by atoms with Gasteiger partial charge in [-0.3, -0.25) is 14.7 Å². The highest BCUT2D eigenvalue weighted by Crippen LogP contribution is 2.23. The van der Waals surface area contributed by atoms with Gasteiger partial charge in [0.05, 0.1) is 0 Å². The quantitative estimate of drug-likeness (QED) is 0.829. The molecule has 1 aliphatic carbocycles. The first-order valence-electron chi connectivity index (χ1n) is 9.99. The van der Waals surface area contributed by atoms with Crippen LogP contribution in [-0.2, 0) is 17.6 Å². The normalized spacial score (nSPS) is 17.5. The minimum absolute atomic E-state index is 0.0136. The van der Waals surface area contributed by atoms with Crippen molar-refractivity contribution in [2.75, 3.05) is 45.8 Å². The van der Waals surface area contributed by atoms with Gasteiger partial charge in [0.1, 0.15) is 0 Å². The molecule has 0 spiro atoms. The van der Waals surface area contributed by atoms with Gasteiger partial charge in [-0.05, 0) is 38.8 Å². The predicted octanol–water partition coefficient (Wildman–Crippen LogP) is 1.30. The van der Waals surface area contributed by atoms with Crippen molar-refractivity contribution in [2.45, 2.75) is 46.0 Å². The maximum Gasteiger partial charge on any atom is 0.274 e. The number of aryl methyl sites for hydroxylation is 1. The Balaban J connectivity index is 1.51.